The van der Waals surface area contributed by atoms with Crippen LogP contribution in [0.3, 0.4) is 0 Å². The SMILES string of the molecule is Cc1ccn(CC2CCCNC2)c(=O)c1C(=O)Nc1ccc(C(F)(F)F)c(F)c1.Cl. The Hall–Kier alpha value is -2.39. The Balaban J connectivity index is 0.00000320. The van der Waals surface area contributed by atoms with Crippen LogP contribution in [0.4, 0.5) is 23.2 Å². The average Bonchev–Trinajstić information content (AvgIpc) is 2.64. The maximum atomic E-state index is 13.7. The van der Waals surface area contributed by atoms with Crippen molar-refractivity contribution in [1.82, 2.24) is 9.88 Å². The summed E-state index contributed by atoms with van der Waals surface area (Å²) in [5.41, 5.74) is -1.75. The van der Waals surface area contributed by atoms with Gasteiger partial charge in [0.2, 0.25) is 0 Å². The lowest BCUT2D eigenvalue weighted by Gasteiger charge is -2.23. The maximum absolute atomic E-state index is 13.7. The molecule has 164 valence electrons. The molecule has 0 radical (unpaired) electrons. The summed E-state index contributed by atoms with van der Waals surface area (Å²) in [6, 6.07) is 3.73. The molecule has 1 amide bonds. The smallest absolute Gasteiger partial charge is 0.322 e. The standard InChI is InChI=1S/C20H21F4N3O2.ClH/c1-12-6-8-27(11-13-3-2-7-25-10-13)19(29)17(12)18(28)26-14-4-5-15(16(21)9-14)20(22,23)24;/h4-6,8-9,13,25H,2-3,7,10-11H2,1H3,(H,26,28);1H. The zero-order valence-electron chi connectivity index (χ0n) is 16.2. The number of nitrogens with one attached hydrogen (secondary N) is 2. The van der Waals surface area contributed by atoms with Crippen LogP contribution < -0.4 is 16.2 Å². The van der Waals surface area contributed by atoms with E-state index in [9.17, 15) is 27.2 Å². The molecule has 1 unspecified atom stereocenters. The second kappa shape index (κ2) is 9.61. The molecule has 1 aromatic carbocycles. The number of aromatic nitrogens is 1. The number of carbonyl (C=O) groups excluding carboxylic acids is 1. The van der Waals surface area contributed by atoms with Gasteiger partial charge in [-0.25, -0.2) is 4.39 Å². The van der Waals surface area contributed by atoms with Gasteiger partial charge in [0.05, 0.1) is 5.56 Å². The zero-order chi connectivity index (χ0) is 21.2. The number of alkyl halides is 3. The quantitative estimate of drug-likeness (QED) is 0.697. The van der Waals surface area contributed by atoms with Crippen LogP contribution in [-0.2, 0) is 12.7 Å². The molecule has 1 aliphatic rings. The third kappa shape index (κ3) is 5.40. The van der Waals surface area contributed by atoms with Crippen molar-refractivity contribution in [1.29, 1.82) is 0 Å². The summed E-state index contributed by atoms with van der Waals surface area (Å²) < 4.78 is 53.2. The fourth-order valence-electron chi connectivity index (χ4n) is 3.46. The molecule has 2 N–H and O–H groups in total. The summed E-state index contributed by atoms with van der Waals surface area (Å²) in [5.74, 6) is -2.02. The van der Waals surface area contributed by atoms with Crippen LogP contribution in [-0.4, -0.2) is 23.6 Å². The number of piperidine rings is 1. The first-order chi connectivity index (χ1) is 13.7. The van der Waals surface area contributed by atoms with Gasteiger partial charge >= 0.3 is 6.18 Å². The summed E-state index contributed by atoms with van der Waals surface area (Å²) in [7, 11) is 0. The molecule has 1 aromatic heterocycles. The first-order valence-electron chi connectivity index (χ1n) is 9.25. The molecule has 1 saturated heterocycles. The molecule has 1 aliphatic heterocycles. The Bertz CT molecular complexity index is 969. The van der Waals surface area contributed by atoms with E-state index in [2.05, 4.69) is 10.6 Å². The van der Waals surface area contributed by atoms with E-state index >= 15 is 0 Å². The van der Waals surface area contributed by atoms with Gasteiger partial charge in [0.15, 0.2) is 0 Å². The van der Waals surface area contributed by atoms with Gasteiger partial charge in [0, 0.05) is 18.4 Å². The molecule has 2 heterocycles. The number of pyridine rings is 1. The van der Waals surface area contributed by atoms with Crippen LogP contribution in [0.5, 0.6) is 0 Å². The minimum atomic E-state index is -4.83. The highest BCUT2D eigenvalue weighted by atomic mass is 35.5. The molecule has 0 spiro atoms. The molecular weight excluding hydrogens is 426 g/mol. The van der Waals surface area contributed by atoms with Gasteiger partial charge in [-0.05, 0) is 68.6 Å². The highest BCUT2D eigenvalue weighted by Gasteiger charge is 2.34. The molecule has 1 fully saturated rings. The number of aryl methyl sites for hydroxylation is 1. The van der Waals surface area contributed by atoms with Crippen LogP contribution in [0.15, 0.2) is 35.3 Å². The highest BCUT2D eigenvalue weighted by Crippen LogP contribution is 2.32. The van der Waals surface area contributed by atoms with E-state index in [1.165, 1.54) is 4.57 Å². The van der Waals surface area contributed by atoms with Crippen molar-refractivity contribution < 1.29 is 22.4 Å². The van der Waals surface area contributed by atoms with Gasteiger partial charge in [-0.1, -0.05) is 0 Å². The Morgan fingerprint density at radius 1 is 1.30 bits per heavy atom. The van der Waals surface area contributed by atoms with Crippen molar-refractivity contribution >= 4 is 24.0 Å². The molecule has 0 saturated carbocycles. The number of nitrogens with zero attached hydrogens (tertiary/aromatic N) is 1. The van der Waals surface area contributed by atoms with E-state index in [0.29, 0.717) is 24.2 Å². The summed E-state index contributed by atoms with van der Waals surface area (Å²) in [6.45, 7) is 3.78. The fraction of sp³-hybridized carbons (Fsp3) is 0.400. The van der Waals surface area contributed by atoms with Crippen molar-refractivity contribution in [3.63, 3.8) is 0 Å². The topological polar surface area (TPSA) is 63.1 Å². The number of hydrogen-bond acceptors (Lipinski definition) is 3. The largest absolute Gasteiger partial charge is 0.419 e. The van der Waals surface area contributed by atoms with Crippen LogP contribution in [0, 0.1) is 18.7 Å². The van der Waals surface area contributed by atoms with E-state index in [1.807, 2.05) is 0 Å². The van der Waals surface area contributed by atoms with E-state index in [1.54, 1.807) is 19.2 Å². The number of rotatable bonds is 4. The molecule has 0 aliphatic carbocycles. The molecule has 10 heteroatoms. The Labute approximate surface area is 176 Å². The Kier molecular flexibility index (Phi) is 7.65. The van der Waals surface area contributed by atoms with Crippen molar-refractivity contribution in [2.75, 3.05) is 18.4 Å². The third-order valence-corrected chi connectivity index (χ3v) is 4.99. The summed E-state index contributed by atoms with van der Waals surface area (Å²) in [5, 5.41) is 5.58. The van der Waals surface area contributed by atoms with Crippen molar-refractivity contribution in [2.45, 2.75) is 32.5 Å². The van der Waals surface area contributed by atoms with Crippen LogP contribution in [0.1, 0.15) is 34.3 Å². The van der Waals surface area contributed by atoms with Crippen LogP contribution >= 0.6 is 12.4 Å². The van der Waals surface area contributed by atoms with Crippen LogP contribution in [0.25, 0.3) is 0 Å². The monoisotopic (exact) mass is 447 g/mol. The van der Waals surface area contributed by atoms with Crippen molar-refractivity contribution in [3.8, 4) is 0 Å². The van der Waals surface area contributed by atoms with Gasteiger partial charge in [-0.15, -0.1) is 12.4 Å². The summed E-state index contributed by atoms with van der Waals surface area (Å²) >= 11 is 0. The molecule has 3 rings (SSSR count). The third-order valence-electron chi connectivity index (χ3n) is 4.99. The molecule has 5 nitrogen and oxygen atoms in total. The molecule has 30 heavy (non-hydrogen) atoms. The number of halogens is 5. The number of anilines is 1. The van der Waals surface area contributed by atoms with Crippen LogP contribution in [0.2, 0.25) is 0 Å². The normalized spacial score (nSPS) is 16.6. The summed E-state index contributed by atoms with van der Waals surface area (Å²) in [4.78, 5) is 25.4. The van der Waals surface area contributed by atoms with E-state index in [0.717, 1.165) is 32.0 Å². The Morgan fingerprint density at radius 2 is 2.03 bits per heavy atom. The lowest BCUT2D eigenvalue weighted by atomic mass is 9.99. The second-order valence-corrected chi connectivity index (χ2v) is 7.19. The lowest BCUT2D eigenvalue weighted by molar-refractivity contribution is -0.139. The molecule has 2 aromatic rings. The zero-order valence-corrected chi connectivity index (χ0v) is 17.0. The predicted octanol–water partition coefficient (Wildman–Crippen LogP) is 3.99. The fourth-order valence-corrected chi connectivity index (χ4v) is 3.46. The maximum Gasteiger partial charge on any atom is 0.419 e. The van der Waals surface area contributed by atoms with Gasteiger partial charge in [0.25, 0.3) is 11.5 Å². The highest BCUT2D eigenvalue weighted by molar-refractivity contribution is 6.05. The van der Waals surface area contributed by atoms with Gasteiger partial charge in [-0.2, -0.15) is 13.2 Å². The second-order valence-electron chi connectivity index (χ2n) is 7.19. The van der Waals surface area contributed by atoms with E-state index < -0.39 is 29.0 Å². The van der Waals surface area contributed by atoms with E-state index in [4.69, 9.17) is 0 Å². The average molecular weight is 448 g/mol. The number of benzene rings is 1. The molecular formula is C20H22ClF4N3O2. The first kappa shape index (κ1) is 23.9. The number of hydrogen-bond donors (Lipinski definition) is 2. The van der Waals surface area contributed by atoms with Gasteiger partial charge in [0.1, 0.15) is 11.4 Å². The molecule has 1 atom stereocenters. The number of carbonyl (C=O) groups is 1. The van der Waals surface area contributed by atoms with E-state index in [-0.39, 0.29) is 29.6 Å². The number of amides is 1. The first-order valence-corrected chi connectivity index (χ1v) is 9.25. The molecule has 0 bridgehead atoms. The minimum Gasteiger partial charge on any atom is -0.322 e. The Morgan fingerprint density at radius 3 is 2.63 bits per heavy atom. The predicted molar refractivity (Wildman–Crippen MR) is 108 cm³/mol. The lowest BCUT2D eigenvalue weighted by Crippen LogP contribution is -2.36. The van der Waals surface area contributed by atoms with Gasteiger partial charge < -0.3 is 15.2 Å². The van der Waals surface area contributed by atoms with Crippen molar-refractivity contribution in [3.05, 3.63) is 63.3 Å². The van der Waals surface area contributed by atoms with Gasteiger partial charge in [-0.3, -0.25) is 9.59 Å². The summed E-state index contributed by atoms with van der Waals surface area (Å²) in [6.07, 6.45) is -1.22. The minimum absolute atomic E-state index is 0. The van der Waals surface area contributed by atoms with Crippen molar-refractivity contribution in [2.24, 2.45) is 5.92 Å².